The quantitative estimate of drug-likeness (QED) is 0.870. The van der Waals surface area contributed by atoms with Gasteiger partial charge in [0.1, 0.15) is 5.75 Å². The van der Waals surface area contributed by atoms with Crippen LogP contribution in [0.25, 0.3) is 0 Å². The van der Waals surface area contributed by atoms with E-state index < -0.39 is 0 Å². The molecule has 0 heterocycles. The van der Waals surface area contributed by atoms with Crippen LogP contribution in [0.5, 0.6) is 5.75 Å². The maximum Gasteiger partial charge on any atom is 0.125 e. The van der Waals surface area contributed by atoms with Crippen LogP contribution in [-0.4, -0.2) is 20.2 Å². The molecule has 94 valence electrons. The SMILES string of the molecule is COc1cccc(N(C)C2CCC2)c1C(C)N. The van der Waals surface area contributed by atoms with Crippen molar-refractivity contribution in [2.75, 3.05) is 19.1 Å². The minimum absolute atomic E-state index is 0.0105. The average molecular weight is 234 g/mol. The van der Waals surface area contributed by atoms with E-state index in [1.54, 1.807) is 7.11 Å². The van der Waals surface area contributed by atoms with Gasteiger partial charge in [-0.2, -0.15) is 0 Å². The zero-order chi connectivity index (χ0) is 12.4. The topological polar surface area (TPSA) is 38.5 Å². The highest BCUT2D eigenvalue weighted by molar-refractivity contribution is 5.61. The Hall–Kier alpha value is -1.22. The van der Waals surface area contributed by atoms with Crippen molar-refractivity contribution >= 4 is 5.69 Å². The number of nitrogens with zero attached hydrogens (tertiary/aromatic N) is 1. The van der Waals surface area contributed by atoms with Crippen LogP contribution >= 0.6 is 0 Å². The number of hydrogen-bond acceptors (Lipinski definition) is 3. The Kier molecular flexibility index (Phi) is 3.57. The fourth-order valence-corrected chi connectivity index (χ4v) is 2.45. The number of anilines is 1. The van der Waals surface area contributed by atoms with Crippen LogP contribution < -0.4 is 15.4 Å². The van der Waals surface area contributed by atoms with E-state index in [1.165, 1.54) is 24.9 Å². The molecule has 0 aliphatic heterocycles. The lowest BCUT2D eigenvalue weighted by Crippen LogP contribution is -2.38. The highest BCUT2D eigenvalue weighted by Crippen LogP contribution is 2.36. The summed E-state index contributed by atoms with van der Waals surface area (Å²) in [5, 5.41) is 0. The van der Waals surface area contributed by atoms with Gasteiger partial charge in [-0.05, 0) is 38.3 Å². The van der Waals surface area contributed by atoms with Crippen molar-refractivity contribution in [1.29, 1.82) is 0 Å². The van der Waals surface area contributed by atoms with Crippen molar-refractivity contribution in [3.05, 3.63) is 23.8 Å². The number of rotatable bonds is 4. The van der Waals surface area contributed by atoms with Crippen molar-refractivity contribution in [3.8, 4) is 5.75 Å². The van der Waals surface area contributed by atoms with Gasteiger partial charge >= 0.3 is 0 Å². The molecule has 2 rings (SSSR count). The molecular formula is C14H22N2O. The Labute approximate surface area is 104 Å². The standard InChI is InChI=1S/C14H22N2O/c1-10(15)14-12(8-5-9-13(14)17-3)16(2)11-6-4-7-11/h5,8-11H,4,6-7,15H2,1-3H3. The summed E-state index contributed by atoms with van der Waals surface area (Å²) >= 11 is 0. The van der Waals surface area contributed by atoms with Gasteiger partial charge in [0.15, 0.2) is 0 Å². The summed E-state index contributed by atoms with van der Waals surface area (Å²) in [5.74, 6) is 0.892. The van der Waals surface area contributed by atoms with Crippen molar-refractivity contribution in [1.82, 2.24) is 0 Å². The van der Waals surface area contributed by atoms with Gasteiger partial charge in [-0.25, -0.2) is 0 Å². The van der Waals surface area contributed by atoms with Crippen molar-refractivity contribution in [2.24, 2.45) is 5.73 Å². The highest BCUT2D eigenvalue weighted by atomic mass is 16.5. The number of benzene rings is 1. The molecule has 17 heavy (non-hydrogen) atoms. The summed E-state index contributed by atoms with van der Waals surface area (Å²) < 4.78 is 5.42. The molecule has 0 aromatic heterocycles. The third-order valence-electron chi connectivity index (χ3n) is 3.72. The molecule has 1 fully saturated rings. The normalized spacial score (nSPS) is 17.4. The number of ether oxygens (including phenoxy) is 1. The van der Waals surface area contributed by atoms with Crippen LogP contribution in [0.1, 0.15) is 37.8 Å². The number of hydrogen-bond donors (Lipinski definition) is 1. The molecule has 2 N–H and O–H groups in total. The van der Waals surface area contributed by atoms with Crippen LogP contribution in [0.2, 0.25) is 0 Å². The van der Waals surface area contributed by atoms with Gasteiger partial charge in [-0.3, -0.25) is 0 Å². The van der Waals surface area contributed by atoms with Gasteiger partial charge in [0.05, 0.1) is 7.11 Å². The maximum absolute atomic E-state index is 6.08. The Bertz CT molecular complexity index is 386. The predicted octanol–water partition coefficient (Wildman–Crippen LogP) is 2.70. The van der Waals surface area contributed by atoms with Crippen LogP contribution in [-0.2, 0) is 0 Å². The first-order valence-corrected chi connectivity index (χ1v) is 6.30. The van der Waals surface area contributed by atoms with Gasteiger partial charge in [-0.1, -0.05) is 6.07 Å². The lowest BCUT2D eigenvalue weighted by atomic mass is 9.90. The van der Waals surface area contributed by atoms with E-state index in [4.69, 9.17) is 10.5 Å². The summed E-state index contributed by atoms with van der Waals surface area (Å²) in [7, 11) is 3.86. The molecule has 1 atom stereocenters. The van der Waals surface area contributed by atoms with E-state index in [0.717, 1.165) is 11.3 Å². The molecule has 0 amide bonds. The van der Waals surface area contributed by atoms with Gasteiger partial charge < -0.3 is 15.4 Å². The van der Waals surface area contributed by atoms with Gasteiger partial charge in [0, 0.05) is 30.4 Å². The van der Waals surface area contributed by atoms with E-state index in [1.807, 2.05) is 19.1 Å². The predicted molar refractivity (Wildman–Crippen MR) is 71.6 cm³/mol. The van der Waals surface area contributed by atoms with E-state index in [0.29, 0.717) is 6.04 Å². The van der Waals surface area contributed by atoms with E-state index >= 15 is 0 Å². The smallest absolute Gasteiger partial charge is 0.125 e. The van der Waals surface area contributed by atoms with Gasteiger partial charge in [-0.15, -0.1) is 0 Å². The second-order valence-corrected chi connectivity index (χ2v) is 4.88. The van der Waals surface area contributed by atoms with Crippen LogP contribution in [0.3, 0.4) is 0 Å². The largest absolute Gasteiger partial charge is 0.496 e. The molecule has 0 spiro atoms. The average Bonchev–Trinajstić information content (AvgIpc) is 2.25. The van der Waals surface area contributed by atoms with E-state index in [2.05, 4.69) is 18.0 Å². The second-order valence-electron chi connectivity index (χ2n) is 4.88. The summed E-state index contributed by atoms with van der Waals surface area (Å²) in [6.45, 7) is 2.01. The van der Waals surface area contributed by atoms with Crippen LogP contribution in [0.15, 0.2) is 18.2 Å². The Morgan fingerprint density at radius 1 is 1.41 bits per heavy atom. The maximum atomic E-state index is 6.08. The zero-order valence-corrected chi connectivity index (χ0v) is 10.9. The lowest BCUT2D eigenvalue weighted by molar-refractivity contribution is 0.394. The third-order valence-corrected chi connectivity index (χ3v) is 3.72. The van der Waals surface area contributed by atoms with Crippen molar-refractivity contribution in [3.63, 3.8) is 0 Å². The fourth-order valence-electron chi connectivity index (χ4n) is 2.45. The molecule has 0 bridgehead atoms. The first kappa shape index (κ1) is 12.2. The van der Waals surface area contributed by atoms with Crippen LogP contribution in [0, 0.1) is 0 Å². The van der Waals surface area contributed by atoms with Gasteiger partial charge in [0.2, 0.25) is 0 Å². The Morgan fingerprint density at radius 2 is 2.12 bits per heavy atom. The first-order valence-electron chi connectivity index (χ1n) is 6.30. The molecule has 1 aliphatic rings. The van der Waals surface area contributed by atoms with Gasteiger partial charge in [0.25, 0.3) is 0 Å². The number of nitrogens with two attached hydrogens (primary N) is 1. The summed E-state index contributed by atoms with van der Waals surface area (Å²) in [6.07, 6.45) is 3.91. The molecule has 1 aromatic carbocycles. The molecule has 3 nitrogen and oxygen atoms in total. The lowest BCUT2D eigenvalue weighted by Gasteiger charge is -2.38. The van der Waals surface area contributed by atoms with E-state index in [-0.39, 0.29) is 6.04 Å². The fraction of sp³-hybridized carbons (Fsp3) is 0.571. The Balaban J connectivity index is 2.37. The first-order chi connectivity index (χ1) is 8.15. The zero-order valence-electron chi connectivity index (χ0n) is 10.9. The van der Waals surface area contributed by atoms with Crippen molar-refractivity contribution in [2.45, 2.75) is 38.3 Å². The van der Waals surface area contributed by atoms with Crippen LogP contribution in [0.4, 0.5) is 5.69 Å². The molecular weight excluding hydrogens is 212 g/mol. The second kappa shape index (κ2) is 4.96. The van der Waals surface area contributed by atoms with E-state index in [9.17, 15) is 0 Å². The third kappa shape index (κ3) is 2.25. The molecule has 1 aliphatic carbocycles. The summed E-state index contributed by atoms with van der Waals surface area (Å²) in [6, 6.07) is 6.81. The Morgan fingerprint density at radius 3 is 2.59 bits per heavy atom. The molecule has 0 radical (unpaired) electrons. The highest BCUT2D eigenvalue weighted by Gasteiger charge is 2.25. The molecule has 3 heteroatoms. The monoisotopic (exact) mass is 234 g/mol. The minimum Gasteiger partial charge on any atom is -0.496 e. The summed E-state index contributed by atoms with van der Waals surface area (Å²) in [4.78, 5) is 2.35. The molecule has 1 unspecified atom stereocenters. The van der Waals surface area contributed by atoms with Crippen molar-refractivity contribution < 1.29 is 4.74 Å². The molecule has 1 saturated carbocycles. The molecule has 1 aromatic rings. The molecule has 0 saturated heterocycles. The summed E-state index contributed by atoms with van der Waals surface area (Å²) in [5.41, 5.74) is 8.41. The minimum atomic E-state index is -0.0105. The number of methoxy groups -OCH3 is 1.